The summed E-state index contributed by atoms with van der Waals surface area (Å²) in [5, 5.41) is 0. The second-order valence-electron chi connectivity index (χ2n) is 9.91. The molecule has 4 aliphatic rings. The Morgan fingerprint density at radius 3 is 1.54 bits per heavy atom. The second kappa shape index (κ2) is 9.15. The van der Waals surface area contributed by atoms with Crippen LogP contribution in [0.5, 0.6) is 0 Å². The van der Waals surface area contributed by atoms with Gasteiger partial charge < -0.3 is 0 Å². The second-order valence-corrected chi connectivity index (χ2v) is 12.9. The van der Waals surface area contributed by atoms with Gasteiger partial charge in [-0.15, -0.1) is 23.5 Å². The summed E-state index contributed by atoms with van der Waals surface area (Å²) in [5.41, 5.74) is 8.76. The molecule has 2 atom stereocenters. The van der Waals surface area contributed by atoms with Crippen LogP contribution in [0.4, 0.5) is 0 Å². The minimum Gasteiger partial charge on any atom is -0.287 e. The van der Waals surface area contributed by atoms with Gasteiger partial charge in [0.25, 0.3) is 0 Å². The molecule has 0 N–H and O–H groups in total. The van der Waals surface area contributed by atoms with Crippen LogP contribution in [0.15, 0.2) is 115 Å². The number of nitrogens with zero attached hydrogens (tertiary/aromatic N) is 2. The molecule has 0 spiro atoms. The summed E-state index contributed by atoms with van der Waals surface area (Å²) >= 11 is 4.00. The van der Waals surface area contributed by atoms with Gasteiger partial charge in [-0.25, -0.2) is 0 Å². The maximum atomic E-state index is 4.80. The summed E-state index contributed by atoms with van der Waals surface area (Å²) in [6.45, 7) is 6.36. The molecule has 2 aromatic rings. The molecule has 0 aromatic heterocycles. The SMILES string of the molecule is CC12SC(C=NCc3ccccc3)=CC1=C1CCCC1=C1C=C(C=NCc3ccccc3)SC12C. The van der Waals surface area contributed by atoms with Gasteiger partial charge in [0, 0.05) is 22.2 Å². The molecule has 2 aliphatic heterocycles. The Morgan fingerprint density at radius 1 is 0.686 bits per heavy atom. The van der Waals surface area contributed by atoms with E-state index in [2.05, 4.69) is 99.1 Å². The lowest BCUT2D eigenvalue weighted by atomic mass is 9.72. The van der Waals surface area contributed by atoms with Crippen molar-refractivity contribution in [2.75, 3.05) is 0 Å². The van der Waals surface area contributed by atoms with Crippen molar-refractivity contribution in [3.63, 3.8) is 0 Å². The van der Waals surface area contributed by atoms with Gasteiger partial charge in [-0.05, 0) is 78.7 Å². The topological polar surface area (TPSA) is 24.7 Å². The first kappa shape index (κ1) is 22.9. The Bertz CT molecular complexity index is 1230. The number of allylic oxidation sites excluding steroid dienone is 6. The van der Waals surface area contributed by atoms with Crippen molar-refractivity contribution >= 4 is 36.0 Å². The quantitative estimate of drug-likeness (QED) is 0.379. The van der Waals surface area contributed by atoms with Crippen molar-refractivity contribution in [3.8, 4) is 0 Å². The van der Waals surface area contributed by atoms with Gasteiger partial charge >= 0.3 is 0 Å². The largest absolute Gasteiger partial charge is 0.287 e. The first-order chi connectivity index (χ1) is 17.1. The number of rotatable bonds is 6. The highest BCUT2D eigenvalue weighted by atomic mass is 32.2. The van der Waals surface area contributed by atoms with Crippen LogP contribution < -0.4 is 0 Å². The van der Waals surface area contributed by atoms with Gasteiger partial charge in [-0.1, -0.05) is 60.7 Å². The van der Waals surface area contributed by atoms with E-state index in [4.69, 9.17) is 9.98 Å². The van der Waals surface area contributed by atoms with Crippen molar-refractivity contribution in [2.45, 2.75) is 55.7 Å². The summed E-state index contributed by atoms with van der Waals surface area (Å²) < 4.78 is -0.00835. The normalized spacial score (nSPS) is 27.5. The third-order valence-corrected chi connectivity index (χ3v) is 10.8. The summed E-state index contributed by atoms with van der Waals surface area (Å²) in [6.07, 6.45) is 12.7. The van der Waals surface area contributed by atoms with Crippen molar-refractivity contribution < 1.29 is 0 Å². The molecule has 1 fully saturated rings. The molecule has 0 amide bonds. The third-order valence-electron chi connectivity index (χ3n) is 7.69. The fourth-order valence-electron chi connectivity index (χ4n) is 5.77. The number of fused-ring (bicyclic) bond motifs is 4. The molecular weight excluding hydrogens is 464 g/mol. The van der Waals surface area contributed by atoms with Crippen LogP contribution in [0.3, 0.4) is 0 Å². The van der Waals surface area contributed by atoms with E-state index in [1.54, 1.807) is 11.1 Å². The molecule has 2 nitrogen and oxygen atoms in total. The van der Waals surface area contributed by atoms with Gasteiger partial charge in [0.05, 0.1) is 22.6 Å². The molecular formula is C31H30N2S2. The molecule has 2 unspecified atom stereocenters. The molecule has 2 aromatic carbocycles. The van der Waals surface area contributed by atoms with Crippen LogP contribution in [-0.4, -0.2) is 21.9 Å². The fourth-order valence-corrected chi connectivity index (χ4v) is 8.77. The van der Waals surface area contributed by atoms with Gasteiger partial charge in [0.1, 0.15) is 0 Å². The molecule has 2 heterocycles. The van der Waals surface area contributed by atoms with Crippen LogP contribution in [0, 0.1) is 0 Å². The third kappa shape index (κ3) is 4.01. The lowest BCUT2D eigenvalue weighted by molar-refractivity contribution is 0.607. The predicted molar refractivity (Wildman–Crippen MR) is 153 cm³/mol. The smallest absolute Gasteiger partial charge is 0.0640 e. The molecule has 6 rings (SSSR count). The van der Waals surface area contributed by atoms with E-state index in [-0.39, 0.29) is 9.49 Å². The number of benzene rings is 2. The van der Waals surface area contributed by atoms with E-state index < -0.39 is 0 Å². The van der Waals surface area contributed by atoms with Crippen LogP contribution in [-0.2, 0) is 13.1 Å². The predicted octanol–water partition coefficient (Wildman–Crippen LogP) is 8.10. The van der Waals surface area contributed by atoms with E-state index in [9.17, 15) is 0 Å². The van der Waals surface area contributed by atoms with Crippen LogP contribution >= 0.6 is 23.5 Å². The zero-order chi connectivity index (χ0) is 23.9. The molecule has 1 saturated carbocycles. The Labute approximate surface area is 217 Å². The van der Waals surface area contributed by atoms with Crippen molar-refractivity contribution in [1.29, 1.82) is 0 Å². The highest BCUT2D eigenvalue weighted by molar-refractivity contribution is 8.09. The lowest BCUT2D eigenvalue weighted by Crippen LogP contribution is -2.47. The maximum absolute atomic E-state index is 4.80. The fraction of sp³-hybridized carbons (Fsp3) is 0.290. The zero-order valence-corrected chi connectivity index (χ0v) is 22.0. The average molecular weight is 495 g/mol. The number of hydrogen-bond acceptors (Lipinski definition) is 4. The monoisotopic (exact) mass is 494 g/mol. The summed E-state index contributed by atoms with van der Waals surface area (Å²) in [6, 6.07) is 21.0. The van der Waals surface area contributed by atoms with E-state index >= 15 is 0 Å². The van der Waals surface area contributed by atoms with Crippen LogP contribution in [0.2, 0.25) is 0 Å². The number of aliphatic imine (C=N–C) groups is 2. The van der Waals surface area contributed by atoms with Gasteiger partial charge in [0.2, 0.25) is 0 Å². The van der Waals surface area contributed by atoms with E-state index in [1.165, 1.54) is 51.3 Å². The molecule has 4 heteroatoms. The Morgan fingerprint density at radius 2 is 1.11 bits per heavy atom. The Balaban J connectivity index is 1.27. The average Bonchev–Trinajstić information content (AvgIpc) is 3.57. The highest BCUT2D eigenvalue weighted by Crippen LogP contribution is 2.67. The highest BCUT2D eigenvalue weighted by Gasteiger charge is 2.58. The summed E-state index contributed by atoms with van der Waals surface area (Å²) in [4.78, 5) is 12.2. The van der Waals surface area contributed by atoms with Crippen LogP contribution in [0.25, 0.3) is 0 Å². The van der Waals surface area contributed by atoms with Crippen LogP contribution in [0.1, 0.15) is 44.2 Å². The van der Waals surface area contributed by atoms with E-state index in [0.717, 1.165) is 13.1 Å². The Kier molecular flexibility index (Phi) is 5.98. The molecule has 0 bridgehead atoms. The summed E-state index contributed by atoms with van der Waals surface area (Å²) in [7, 11) is 0. The van der Waals surface area contributed by atoms with Gasteiger partial charge in [-0.2, -0.15) is 0 Å². The van der Waals surface area contributed by atoms with Gasteiger partial charge in [-0.3, -0.25) is 9.98 Å². The molecule has 0 radical (unpaired) electrons. The molecule has 176 valence electrons. The van der Waals surface area contributed by atoms with E-state index in [1.807, 2.05) is 23.5 Å². The zero-order valence-electron chi connectivity index (χ0n) is 20.3. The minimum absolute atomic E-state index is 0.00417. The number of hydrogen-bond donors (Lipinski definition) is 0. The lowest BCUT2D eigenvalue weighted by Gasteiger charge is -2.47. The van der Waals surface area contributed by atoms with Gasteiger partial charge in [0.15, 0.2) is 0 Å². The van der Waals surface area contributed by atoms with E-state index in [0.29, 0.717) is 0 Å². The first-order valence-electron chi connectivity index (χ1n) is 12.4. The Hall–Kier alpha value is -2.56. The van der Waals surface area contributed by atoms with Crippen molar-refractivity contribution in [1.82, 2.24) is 0 Å². The molecule has 2 aliphatic carbocycles. The standard InChI is InChI=1S/C31H30N2S2/c1-30-28(16-24(34-30)20-32-18-22-10-5-3-6-11-22)26-14-9-15-27(26)29-17-25(35-31(29,30)2)21-33-19-23-12-7-4-8-13-23/h3-8,10-13,16-17,20-21H,9,14-15,18-19H2,1-2H3. The van der Waals surface area contributed by atoms with Crippen molar-refractivity contribution in [3.05, 3.63) is 116 Å². The maximum Gasteiger partial charge on any atom is 0.0640 e. The van der Waals surface area contributed by atoms with Crippen molar-refractivity contribution in [2.24, 2.45) is 9.98 Å². The minimum atomic E-state index is -0.00417. The number of thioether (sulfide) groups is 2. The molecule has 0 saturated heterocycles. The molecule has 35 heavy (non-hydrogen) atoms. The first-order valence-corrected chi connectivity index (χ1v) is 14.1. The summed E-state index contributed by atoms with van der Waals surface area (Å²) in [5.74, 6) is 0.